The van der Waals surface area contributed by atoms with Crippen LogP contribution in [0.3, 0.4) is 0 Å². The van der Waals surface area contributed by atoms with Crippen molar-refractivity contribution in [3.8, 4) is 0 Å². The third-order valence-corrected chi connectivity index (χ3v) is 3.42. The smallest absolute Gasteiger partial charge is 0.128 e. The number of ether oxygens (including phenoxy) is 1. The Labute approximate surface area is 90.1 Å². The van der Waals surface area contributed by atoms with Crippen molar-refractivity contribution in [2.75, 3.05) is 18.1 Å². The monoisotopic (exact) mass is 204 g/mol. The van der Waals surface area contributed by atoms with E-state index in [1.165, 1.54) is 5.56 Å². The summed E-state index contributed by atoms with van der Waals surface area (Å²) in [6.07, 6.45) is 2.48. The summed E-state index contributed by atoms with van der Waals surface area (Å²) in [5, 5.41) is 0. The highest BCUT2D eigenvalue weighted by Gasteiger charge is 2.47. The average Bonchev–Trinajstić information content (AvgIpc) is 2.22. The lowest BCUT2D eigenvalue weighted by Gasteiger charge is -2.55. The van der Waals surface area contributed by atoms with Crippen LogP contribution in [0, 0.1) is 0 Å². The van der Waals surface area contributed by atoms with Gasteiger partial charge in [0.2, 0.25) is 0 Å². The van der Waals surface area contributed by atoms with E-state index < -0.39 is 0 Å². The molecule has 2 aliphatic heterocycles. The average molecular weight is 204 g/mol. The van der Waals surface area contributed by atoms with Gasteiger partial charge in [0.25, 0.3) is 0 Å². The van der Waals surface area contributed by atoms with E-state index in [4.69, 9.17) is 4.74 Å². The SMILES string of the molecule is CC(C)c1ccc(N2C[C@H]3OCC32)nc1. The van der Waals surface area contributed by atoms with Crippen molar-refractivity contribution in [1.82, 2.24) is 4.98 Å². The minimum atomic E-state index is 0.483. The summed E-state index contributed by atoms with van der Waals surface area (Å²) >= 11 is 0. The minimum absolute atomic E-state index is 0.483. The minimum Gasteiger partial charge on any atom is -0.372 e. The molecule has 2 saturated heterocycles. The maximum Gasteiger partial charge on any atom is 0.128 e. The second-order valence-electron chi connectivity index (χ2n) is 4.70. The first-order chi connectivity index (χ1) is 7.25. The number of pyridine rings is 1. The first kappa shape index (κ1) is 9.16. The maximum atomic E-state index is 5.37. The van der Waals surface area contributed by atoms with Crippen molar-refractivity contribution in [3.05, 3.63) is 23.9 Å². The molecule has 1 unspecified atom stereocenters. The Morgan fingerprint density at radius 3 is 2.73 bits per heavy atom. The molecular weight excluding hydrogens is 188 g/mol. The van der Waals surface area contributed by atoms with Gasteiger partial charge in [0.05, 0.1) is 18.8 Å². The fourth-order valence-corrected chi connectivity index (χ4v) is 2.15. The highest BCUT2D eigenvalue weighted by molar-refractivity contribution is 5.46. The Bertz CT molecular complexity index is 360. The van der Waals surface area contributed by atoms with Gasteiger partial charge in [-0.15, -0.1) is 0 Å². The summed E-state index contributed by atoms with van der Waals surface area (Å²) < 4.78 is 5.37. The van der Waals surface area contributed by atoms with E-state index in [1.54, 1.807) is 0 Å². The fourth-order valence-electron chi connectivity index (χ4n) is 2.15. The highest BCUT2D eigenvalue weighted by atomic mass is 16.5. The lowest BCUT2D eigenvalue weighted by molar-refractivity contribution is -0.113. The molecule has 3 nitrogen and oxygen atoms in total. The van der Waals surface area contributed by atoms with Gasteiger partial charge < -0.3 is 9.64 Å². The topological polar surface area (TPSA) is 25.4 Å². The summed E-state index contributed by atoms with van der Waals surface area (Å²) in [5.41, 5.74) is 1.31. The van der Waals surface area contributed by atoms with E-state index in [2.05, 4.69) is 35.9 Å². The van der Waals surface area contributed by atoms with E-state index in [0.29, 0.717) is 18.1 Å². The van der Waals surface area contributed by atoms with Gasteiger partial charge in [-0.25, -0.2) is 4.98 Å². The number of hydrogen-bond acceptors (Lipinski definition) is 3. The van der Waals surface area contributed by atoms with Crippen LogP contribution in [0.25, 0.3) is 0 Å². The van der Waals surface area contributed by atoms with E-state index in [0.717, 1.165) is 19.0 Å². The molecule has 3 heterocycles. The zero-order chi connectivity index (χ0) is 10.4. The normalized spacial score (nSPS) is 28.3. The standard InChI is InChI=1S/C12H16N2O/c1-8(2)9-3-4-12(13-5-9)14-6-11-10(14)7-15-11/h3-5,8,10-11H,6-7H2,1-2H3/t10?,11-/m1/s1. The fraction of sp³-hybridized carbons (Fsp3) is 0.583. The molecule has 0 radical (unpaired) electrons. The molecule has 0 N–H and O–H groups in total. The summed E-state index contributed by atoms with van der Waals surface area (Å²) in [6.45, 7) is 6.27. The Hall–Kier alpha value is -1.09. The summed E-state index contributed by atoms with van der Waals surface area (Å²) in [5.74, 6) is 1.66. The first-order valence-electron chi connectivity index (χ1n) is 5.60. The van der Waals surface area contributed by atoms with Gasteiger partial charge in [-0.1, -0.05) is 19.9 Å². The van der Waals surface area contributed by atoms with Crippen LogP contribution in [0.5, 0.6) is 0 Å². The van der Waals surface area contributed by atoms with E-state index >= 15 is 0 Å². The molecule has 0 aliphatic carbocycles. The van der Waals surface area contributed by atoms with Gasteiger partial charge in [-0.05, 0) is 17.5 Å². The zero-order valence-electron chi connectivity index (χ0n) is 9.18. The van der Waals surface area contributed by atoms with Crippen LogP contribution < -0.4 is 4.90 Å². The molecule has 2 aliphatic rings. The zero-order valence-corrected chi connectivity index (χ0v) is 9.18. The molecule has 3 heteroatoms. The predicted octanol–water partition coefficient (Wildman–Crippen LogP) is 1.79. The quantitative estimate of drug-likeness (QED) is 0.734. The largest absolute Gasteiger partial charge is 0.372 e. The van der Waals surface area contributed by atoms with Crippen LogP contribution in [-0.4, -0.2) is 30.3 Å². The van der Waals surface area contributed by atoms with Crippen molar-refractivity contribution >= 4 is 5.82 Å². The molecule has 0 amide bonds. The number of rotatable bonds is 2. The van der Waals surface area contributed by atoms with Gasteiger partial charge in [0, 0.05) is 12.7 Å². The third-order valence-electron chi connectivity index (χ3n) is 3.42. The van der Waals surface area contributed by atoms with Gasteiger partial charge >= 0.3 is 0 Å². The van der Waals surface area contributed by atoms with Crippen molar-refractivity contribution in [3.63, 3.8) is 0 Å². The van der Waals surface area contributed by atoms with E-state index in [1.807, 2.05) is 6.20 Å². The molecule has 15 heavy (non-hydrogen) atoms. The van der Waals surface area contributed by atoms with Crippen molar-refractivity contribution in [1.29, 1.82) is 0 Å². The second kappa shape index (κ2) is 3.20. The molecule has 1 aromatic rings. The summed E-state index contributed by atoms with van der Waals surface area (Å²) in [7, 11) is 0. The summed E-state index contributed by atoms with van der Waals surface area (Å²) in [4.78, 5) is 6.84. The number of hydrogen-bond donors (Lipinski definition) is 0. The van der Waals surface area contributed by atoms with Crippen LogP contribution in [0.1, 0.15) is 25.3 Å². The van der Waals surface area contributed by atoms with E-state index in [9.17, 15) is 0 Å². The van der Waals surface area contributed by atoms with Crippen LogP contribution in [0.2, 0.25) is 0 Å². The molecule has 0 spiro atoms. The van der Waals surface area contributed by atoms with Gasteiger partial charge in [0.15, 0.2) is 0 Å². The molecular formula is C12H16N2O. The van der Waals surface area contributed by atoms with Crippen LogP contribution in [0.4, 0.5) is 5.82 Å². The van der Waals surface area contributed by atoms with Crippen LogP contribution in [0.15, 0.2) is 18.3 Å². The van der Waals surface area contributed by atoms with Crippen molar-refractivity contribution < 1.29 is 4.74 Å². The molecule has 80 valence electrons. The highest BCUT2D eigenvalue weighted by Crippen LogP contribution is 2.33. The Morgan fingerprint density at radius 2 is 2.33 bits per heavy atom. The number of morpholine rings is 1. The molecule has 1 aromatic heterocycles. The third kappa shape index (κ3) is 1.34. The van der Waals surface area contributed by atoms with Crippen molar-refractivity contribution in [2.24, 2.45) is 0 Å². The van der Waals surface area contributed by atoms with Crippen LogP contribution >= 0.6 is 0 Å². The second-order valence-corrected chi connectivity index (χ2v) is 4.70. The van der Waals surface area contributed by atoms with Gasteiger partial charge in [0.1, 0.15) is 5.82 Å². The Kier molecular flexibility index (Phi) is 1.96. The van der Waals surface area contributed by atoms with Gasteiger partial charge in [-0.2, -0.15) is 0 Å². The van der Waals surface area contributed by atoms with Gasteiger partial charge in [-0.3, -0.25) is 0 Å². The molecule has 2 atom stereocenters. The maximum absolute atomic E-state index is 5.37. The molecule has 0 saturated carbocycles. The number of fused-ring (bicyclic) bond motifs is 1. The lowest BCUT2D eigenvalue weighted by atomic mass is 9.94. The number of nitrogens with zero attached hydrogens (tertiary/aromatic N) is 2. The van der Waals surface area contributed by atoms with E-state index in [-0.39, 0.29) is 0 Å². The lowest BCUT2D eigenvalue weighted by Crippen LogP contribution is -2.71. The first-order valence-corrected chi connectivity index (χ1v) is 5.60. The molecule has 3 rings (SSSR count). The molecule has 2 fully saturated rings. The summed E-state index contributed by atoms with van der Waals surface area (Å²) in [6, 6.07) is 4.91. The number of anilines is 1. The van der Waals surface area contributed by atoms with Crippen molar-refractivity contribution in [2.45, 2.75) is 31.9 Å². The predicted molar refractivity (Wildman–Crippen MR) is 59.2 cm³/mol. The molecule has 0 bridgehead atoms. The number of aromatic nitrogens is 1. The Morgan fingerprint density at radius 1 is 1.47 bits per heavy atom. The molecule has 0 aromatic carbocycles. The Balaban J connectivity index is 1.76. The van der Waals surface area contributed by atoms with Crippen LogP contribution in [-0.2, 0) is 4.74 Å².